The van der Waals surface area contributed by atoms with E-state index in [2.05, 4.69) is 52.2 Å². The van der Waals surface area contributed by atoms with Crippen molar-refractivity contribution in [2.24, 2.45) is 4.99 Å². The van der Waals surface area contributed by atoms with E-state index in [1.54, 1.807) is 0 Å². The number of rotatable bonds is 7. The summed E-state index contributed by atoms with van der Waals surface area (Å²) >= 11 is 0. The Morgan fingerprint density at radius 2 is 1.88 bits per heavy atom. The van der Waals surface area contributed by atoms with Gasteiger partial charge in [-0.05, 0) is 56.5 Å². The van der Waals surface area contributed by atoms with E-state index >= 15 is 0 Å². The highest BCUT2D eigenvalue weighted by atomic mass is 16.5. The number of nitrogen functional groups attached to an aromatic ring is 1. The first-order valence-corrected chi connectivity index (χ1v) is 12.3. The minimum Gasteiger partial charge on any atom is -0.399 e. The number of amidine groups is 1. The van der Waals surface area contributed by atoms with Crippen molar-refractivity contribution in [3.8, 4) is 0 Å². The normalized spacial score (nSPS) is 23.6. The number of aryl methyl sites for hydroxylation is 3. The molecule has 7 heteroatoms. The van der Waals surface area contributed by atoms with E-state index in [1.807, 2.05) is 26.0 Å². The molecule has 1 aromatic heterocycles. The summed E-state index contributed by atoms with van der Waals surface area (Å²) in [5, 5.41) is 4.15. The average molecular weight is 462 g/mol. The number of benzene rings is 1. The molecule has 1 saturated heterocycles. The first-order valence-electron chi connectivity index (χ1n) is 12.3. The topological polar surface area (TPSA) is 80.1 Å². The standard InChI is InChI=1S/C27H35N5O2/c1-18(31-12-14-33-15-13-31)17-32-25-10-7-22(27-19(2)30-34-20(27)3)16-24(25)29-26(32)11-6-21-4-8-23(28)9-5-21/h4-5,7-10,16,18,24-25H,6,11-15,17,28H2,1-3H3. The predicted molar refractivity (Wildman–Crippen MR) is 136 cm³/mol. The molecule has 0 saturated carbocycles. The van der Waals surface area contributed by atoms with E-state index in [-0.39, 0.29) is 12.1 Å². The van der Waals surface area contributed by atoms with Crippen LogP contribution in [0.5, 0.6) is 0 Å². The van der Waals surface area contributed by atoms with Crippen LogP contribution < -0.4 is 5.73 Å². The van der Waals surface area contributed by atoms with Crippen LogP contribution in [0.15, 0.2) is 52.0 Å². The number of allylic oxidation sites excluding steroid dienone is 2. The maximum absolute atomic E-state index is 5.88. The predicted octanol–water partition coefficient (Wildman–Crippen LogP) is 3.63. The number of ether oxygens (including phenoxy) is 1. The van der Waals surface area contributed by atoms with Crippen LogP contribution in [-0.4, -0.2) is 71.8 Å². The van der Waals surface area contributed by atoms with E-state index in [4.69, 9.17) is 20.0 Å². The zero-order valence-corrected chi connectivity index (χ0v) is 20.4. The molecule has 1 fully saturated rings. The SMILES string of the molecule is Cc1noc(C)c1C1=CC2N=C(CCc3ccc(N)cc3)N(CC(C)N3CCOCC3)C2C=C1. The molecule has 0 spiro atoms. The molecule has 2 aliphatic heterocycles. The zero-order chi connectivity index (χ0) is 23.7. The number of aliphatic imine (C=N–C) groups is 1. The molecule has 0 radical (unpaired) electrons. The Morgan fingerprint density at radius 3 is 2.59 bits per heavy atom. The second kappa shape index (κ2) is 9.76. The third-order valence-corrected chi connectivity index (χ3v) is 7.23. The fourth-order valence-electron chi connectivity index (χ4n) is 5.33. The lowest BCUT2D eigenvalue weighted by Gasteiger charge is -2.38. The van der Waals surface area contributed by atoms with Crippen molar-refractivity contribution >= 4 is 17.1 Å². The largest absolute Gasteiger partial charge is 0.399 e. The third-order valence-electron chi connectivity index (χ3n) is 7.23. The molecule has 0 bridgehead atoms. The summed E-state index contributed by atoms with van der Waals surface area (Å²) in [6.07, 6.45) is 8.69. The summed E-state index contributed by atoms with van der Waals surface area (Å²) in [7, 11) is 0. The lowest BCUT2D eigenvalue weighted by atomic mass is 9.93. The van der Waals surface area contributed by atoms with E-state index in [9.17, 15) is 0 Å². The van der Waals surface area contributed by atoms with E-state index < -0.39 is 0 Å². The molecule has 1 aliphatic carbocycles. The van der Waals surface area contributed by atoms with Gasteiger partial charge < -0.3 is 19.9 Å². The molecular formula is C27H35N5O2. The van der Waals surface area contributed by atoms with Crippen LogP contribution in [0.1, 0.15) is 35.9 Å². The number of hydrogen-bond donors (Lipinski definition) is 1. The van der Waals surface area contributed by atoms with Gasteiger partial charge in [-0.2, -0.15) is 0 Å². The van der Waals surface area contributed by atoms with Crippen molar-refractivity contribution in [2.75, 3.05) is 38.6 Å². The fourth-order valence-corrected chi connectivity index (χ4v) is 5.33. The van der Waals surface area contributed by atoms with Crippen LogP contribution >= 0.6 is 0 Å². The quantitative estimate of drug-likeness (QED) is 0.635. The minimum absolute atomic E-state index is 0.104. The zero-order valence-electron chi connectivity index (χ0n) is 20.4. The fraction of sp³-hybridized carbons (Fsp3) is 0.481. The summed E-state index contributed by atoms with van der Waals surface area (Å²) in [6.45, 7) is 10.9. The molecule has 2 N–H and O–H groups in total. The van der Waals surface area contributed by atoms with Crippen molar-refractivity contribution in [2.45, 2.75) is 51.7 Å². The number of hydrogen-bond acceptors (Lipinski definition) is 7. The molecule has 3 aliphatic rings. The Labute approximate surface area is 201 Å². The highest BCUT2D eigenvalue weighted by Crippen LogP contribution is 2.33. The molecule has 3 heterocycles. The van der Waals surface area contributed by atoms with Crippen molar-refractivity contribution in [1.29, 1.82) is 0 Å². The molecule has 1 aromatic carbocycles. The highest BCUT2D eigenvalue weighted by Gasteiger charge is 2.36. The number of fused-ring (bicyclic) bond motifs is 1. The Bertz CT molecular complexity index is 1080. The molecule has 3 atom stereocenters. The first kappa shape index (κ1) is 22.9. The summed E-state index contributed by atoms with van der Waals surface area (Å²) in [5.41, 5.74) is 11.1. The Kier molecular flexibility index (Phi) is 6.57. The van der Waals surface area contributed by atoms with Crippen LogP contribution in [0, 0.1) is 13.8 Å². The van der Waals surface area contributed by atoms with Crippen molar-refractivity contribution in [3.05, 3.63) is 65.1 Å². The lowest BCUT2D eigenvalue weighted by molar-refractivity contribution is 0.0156. The first-order chi connectivity index (χ1) is 16.5. The molecule has 0 amide bonds. The molecule has 3 unspecified atom stereocenters. The summed E-state index contributed by atoms with van der Waals surface area (Å²) < 4.78 is 11.0. The number of morpholine rings is 1. The Morgan fingerprint density at radius 1 is 1.12 bits per heavy atom. The molecule has 2 aromatic rings. The summed E-state index contributed by atoms with van der Waals surface area (Å²) in [6, 6.07) is 8.98. The van der Waals surface area contributed by atoms with Crippen LogP contribution in [0.4, 0.5) is 5.69 Å². The van der Waals surface area contributed by atoms with Crippen molar-refractivity contribution in [1.82, 2.24) is 15.0 Å². The van der Waals surface area contributed by atoms with Gasteiger partial charge in [-0.15, -0.1) is 0 Å². The van der Waals surface area contributed by atoms with Gasteiger partial charge >= 0.3 is 0 Å². The highest BCUT2D eigenvalue weighted by molar-refractivity contribution is 5.88. The maximum Gasteiger partial charge on any atom is 0.141 e. The molecule has 7 nitrogen and oxygen atoms in total. The van der Waals surface area contributed by atoms with Crippen LogP contribution in [-0.2, 0) is 11.2 Å². The third kappa shape index (κ3) is 4.68. The van der Waals surface area contributed by atoms with Gasteiger partial charge in [0.15, 0.2) is 0 Å². The van der Waals surface area contributed by atoms with E-state index in [1.165, 1.54) is 11.4 Å². The van der Waals surface area contributed by atoms with Gasteiger partial charge in [-0.3, -0.25) is 9.89 Å². The van der Waals surface area contributed by atoms with Crippen LogP contribution in [0.3, 0.4) is 0 Å². The number of nitrogens with two attached hydrogens (primary N) is 1. The smallest absolute Gasteiger partial charge is 0.141 e. The molecular weight excluding hydrogens is 426 g/mol. The van der Waals surface area contributed by atoms with Gasteiger partial charge in [0, 0.05) is 43.3 Å². The average Bonchev–Trinajstić information content (AvgIpc) is 3.37. The number of anilines is 1. The van der Waals surface area contributed by atoms with Gasteiger partial charge in [0.05, 0.1) is 31.0 Å². The maximum atomic E-state index is 5.88. The van der Waals surface area contributed by atoms with Gasteiger partial charge in [-0.25, -0.2) is 0 Å². The van der Waals surface area contributed by atoms with Gasteiger partial charge in [0.2, 0.25) is 0 Å². The van der Waals surface area contributed by atoms with Gasteiger partial charge in [0.25, 0.3) is 0 Å². The van der Waals surface area contributed by atoms with Crippen molar-refractivity contribution in [3.63, 3.8) is 0 Å². The Hall–Kier alpha value is -2.90. The number of nitrogens with zero attached hydrogens (tertiary/aromatic N) is 4. The monoisotopic (exact) mass is 461 g/mol. The van der Waals surface area contributed by atoms with Gasteiger partial charge in [0.1, 0.15) is 11.6 Å². The van der Waals surface area contributed by atoms with Crippen LogP contribution in [0.25, 0.3) is 5.57 Å². The minimum atomic E-state index is 0.104. The second-order valence-corrected chi connectivity index (χ2v) is 9.60. The summed E-state index contributed by atoms with van der Waals surface area (Å²) in [5.74, 6) is 2.04. The summed E-state index contributed by atoms with van der Waals surface area (Å²) in [4.78, 5) is 10.3. The molecule has 5 rings (SSSR count). The van der Waals surface area contributed by atoms with Gasteiger partial charge in [-0.1, -0.05) is 29.4 Å². The van der Waals surface area contributed by atoms with Crippen molar-refractivity contribution < 1.29 is 9.26 Å². The molecule has 180 valence electrons. The molecule has 34 heavy (non-hydrogen) atoms. The second-order valence-electron chi connectivity index (χ2n) is 9.60. The van der Waals surface area contributed by atoms with E-state index in [0.29, 0.717) is 6.04 Å². The number of aromatic nitrogens is 1. The Balaban J connectivity index is 1.37. The lowest BCUT2D eigenvalue weighted by Crippen LogP contribution is -2.50. The van der Waals surface area contributed by atoms with Crippen LogP contribution in [0.2, 0.25) is 0 Å². The van der Waals surface area contributed by atoms with E-state index in [0.717, 1.165) is 74.0 Å².